The van der Waals surface area contributed by atoms with Gasteiger partial charge in [0, 0.05) is 23.5 Å². The van der Waals surface area contributed by atoms with Gasteiger partial charge in [0.05, 0.1) is 11.6 Å². The van der Waals surface area contributed by atoms with Crippen LogP contribution in [-0.2, 0) is 6.42 Å². The van der Waals surface area contributed by atoms with E-state index in [2.05, 4.69) is 47.2 Å². The van der Waals surface area contributed by atoms with E-state index in [0.717, 1.165) is 23.1 Å². The third-order valence-corrected chi connectivity index (χ3v) is 4.53. The van der Waals surface area contributed by atoms with E-state index >= 15 is 0 Å². The first kappa shape index (κ1) is 17.8. The molecule has 0 bridgehead atoms. The number of nitrogens with zero attached hydrogens (tertiary/aromatic N) is 3. The maximum atomic E-state index is 8.87. The average molecular weight is 341 g/mol. The summed E-state index contributed by atoms with van der Waals surface area (Å²) in [4.78, 5) is 8.96. The lowest BCUT2D eigenvalue weighted by atomic mass is 10.0. The predicted molar refractivity (Wildman–Crippen MR) is 105 cm³/mol. The fourth-order valence-electron chi connectivity index (χ4n) is 2.94. The van der Waals surface area contributed by atoms with E-state index in [1.807, 2.05) is 24.5 Å². The molecule has 0 fully saturated rings. The van der Waals surface area contributed by atoms with Crippen molar-refractivity contribution in [3.05, 3.63) is 72.1 Å². The fourth-order valence-corrected chi connectivity index (χ4v) is 2.94. The minimum absolute atomic E-state index is 0.639. The van der Waals surface area contributed by atoms with Crippen LogP contribution >= 0.6 is 0 Å². The van der Waals surface area contributed by atoms with Crippen LogP contribution in [0.2, 0.25) is 0 Å². The molecule has 0 radical (unpaired) electrons. The highest BCUT2D eigenvalue weighted by Gasteiger charge is 2.04. The molecule has 0 atom stereocenters. The van der Waals surface area contributed by atoms with Crippen molar-refractivity contribution in [2.45, 2.75) is 39.0 Å². The molecule has 3 aromatic rings. The zero-order valence-corrected chi connectivity index (χ0v) is 15.2. The molecule has 0 amide bonds. The number of unbranched alkanes of at least 4 members (excludes halogenated alkanes) is 3. The van der Waals surface area contributed by atoms with Crippen molar-refractivity contribution in [1.29, 1.82) is 5.26 Å². The van der Waals surface area contributed by atoms with Crippen molar-refractivity contribution in [2.75, 3.05) is 0 Å². The van der Waals surface area contributed by atoms with Crippen LogP contribution in [0.25, 0.3) is 22.5 Å². The summed E-state index contributed by atoms with van der Waals surface area (Å²) >= 11 is 0. The van der Waals surface area contributed by atoms with E-state index in [1.165, 1.54) is 31.2 Å². The maximum absolute atomic E-state index is 8.87. The van der Waals surface area contributed by atoms with Gasteiger partial charge in [-0.05, 0) is 48.2 Å². The molecule has 0 unspecified atom stereocenters. The minimum Gasteiger partial charge on any atom is -0.236 e. The minimum atomic E-state index is 0.639. The summed E-state index contributed by atoms with van der Waals surface area (Å²) in [7, 11) is 0. The van der Waals surface area contributed by atoms with Crippen LogP contribution in [0.4, 0.5) is 0 Å². The second kappa shape index (κ2) is 8.92. The van der Waals surface area contributed by atoms with Crippen molar-refractivity contribution < 1.29 is 0 Å². The molecule has 3 rings (SSSR count). The highest BCUT2D eigenvalue weighted by atomic mass is 14.9. The Morgan fingerprint density at radius 2 is 1.42 bits per heavy atom. The Morgan fingerprint density at radius 3 is 2.04 bits per heavy atom. The van der Waals surface area contributed by atoms with Crippen LogP contribution < -0.4 is 0 Å². The van der Waals surface area contributed by atoms with Gasteiger partial charge in [-0.25, -0.2) is 9.97 Å². The number of aromatic nitrogens is 2. The number of benzene rings is 2. The number of aryl methyl sites for hydroxylation is 1. The normalized spacial score (nSPS) is 10.5. The average Bonchev–Trinajstić information content (AvgIpc) is 2.72. The van der Waals surface area contributed by atoms with Crippen molar-refractivity contribution >= 4 is 0 Å². The van der Waals surface area contributed by atoms with Crippen molar-refractivity contribution in [2.24, 2.45) is 0 Å². The zero-order valence-electron chi connectivity index (χ0n) is 15.2. The lowest BCUT2D eigenvalue weighted by Crippen LogP contribution is -1.91. The molecular formula is C23H23N3. The van der Waals surface area contributed by atoms with Crippen molar-refractivity contribution in [3.63, 3.8) is 0 Å². The second-order valence-electron chi connectivity index (χ2n) is 6.49. The van der Waals surface area contributed by atoms with Crippen molar-refractivity contribution in [1.82, 2.24) is 9.97 Å². The third kappa shape index (κ3) is 4.55. The molecule has 0 saturated carbocycles. The fraction of sp³-hybridized carbons (Fsp3) is 0.261. The van der Waals surface area contributed by atoms with E-state index in [1.54, 1.807) is 12.1 Å². The maximum Gasteiger partial charge on any atom is 0.159 e. The van der Waals surface area contributed by atoms with Crippen LogP contribution in [0.15, 0.2) is 60.9 Å². The molecule has 0 aliphatic rings. The van der Waals surface area contributed by atoms with Crippen LogP contribution in [0.3, 0.4) is 0 Å². The number of rotatable bonds is 7. The molecule has 3 nitrogen and oxygen atoms in total. The first-order valence-corrected chi connectivity index (χ1v) is 9.22. The van der Waals surface area contributed by atoms with Gasteiger partial charge in [-0.15, -0.1) is 0 Å². The Kier molecular flexibility index (Phi) is 6.11. The molecule has 0 spiro atoms. The van der Waals surface area contributed by atoms with Crippen LogP contribution in [0, 0.1) is 11.3 Å². The van der Waals surface area contributed by atoms with E-state index < -0.39 is 0 Å². The molecule has 1 heterocycles. The first-order chi connectivity index (χ1) is 12.8. The van der Waals surface area contributed by atoms with E-state index in [9.17, 15) is 0 Å². The predicted octanol–water partition coefficient (Wildman–Crippen LogP) is 5.81. The second-order valence-corrected chi connectivity index (χ2v) is 6.49. The van der Waals surface area contributed by atoms with E-state index in [4.69, 9.17) is 5.26 Å². The highest BCUT2D eigenvalue weighted by Crippen LogP contribution is 2.21. The lowest BCUT2D eigenvalue weighted by molar-refractivity contribution is 0.667. The summed E-state index contributed by atoms with van der Waals surface area (Å²) in [5, 5.41) is 8.87. The third-order valence-electron chi connectivity index (χ3n) is 4.53. The summed E-state index contributed by atoms with van der Waals surface area (Å²) in [5.74, 6) is 0.672. The van der Waals surface area contributed by atoms with Crippen molar-refractivity contribution in [3.8, 4) is 28.6 Å². The number of hydrogen-bond acceptors (Lipinski definition) is 3. The van der Waals surface area contributed by atoms with Gasteiger partial charge in [0.2, 0.25) is 0 Å². The van der Waals surface area contributed by atoms with Gasteiger partial charge in [0.1, 0.15) is 0 Å². The first-order valence-electron chi connectivity index (χ1n) is 9.22. The Hall–Kier alpha value is -2.99. The van der Waals surface area contributed by atoms with Gasteiger partial charge in [0.25, 0.3) is 0 Å². The van der Waals surface area contributed by atoms with Gasteiger partial charge in [-0.1, -0.05) is 50.5 Å². The molecule has 0 saturated heterocycles. The molecule has 0 aliphatic heterocycles. The van der Waals surface area contributed by atoms with Gasteiger partial charge >= 0.3 is 0 Å². The van der Waals surface area contributed by atoms with Gasteiger partial charge in [-0.3, -0.25) is 0 Å². The summed E-state index contributed by atoms with van der Waals surface area (Å²) in [6.07, 6.45) is 10.0. The van der Waals surface area contributed by atoms with Crippen LogP contribution in [0.1, 0.15) is 43.7 Å². The Bertz CT molecular complexity index is 857. The standard InChI is InChI=1S/C23H23N3/c1-2-3-4-5-6-18-7-11-20(12-8-18)22-16-25-23(26-17-22)21-13-9-19(15-24)10-14-21/h7-14,16-17H,2-6H2,1H3. The SMILES string of the molecule is CCCCCCc1ccc(-c2cnc(-c3ccc(C#N)cc3)nc2)cc1. The summed E-state index contributed by atoms with van der Waals surface area (Å²) in [5.41, 5.74) is 5.09. The van der Waals surface area contributed by atoms with Crippen LogP contribution in [0.5, 0.6) is 0 Å². The van der Waals surface area contributed by atoms with Gasteiger partial charge in [0.15, 0.2) is 5.82 Å². The smallest absolute Gasteiger partial charge is 0.159 e. The van der Waals surface area contributed by atoms with E-state index in [0.29, 0.717) is 11.4 Å². The van der Waals surface area contributed by atoms with Gasteiger partial charge in [-0.2, -0.15) is 5.26 Å². The van der Waals surface area contributed by atoms with E-state index in [-0.39, 0.29) is 0 Å². The van der Waals surface area contributed by atoms with Crippen LogP contribution in [-0.4, -0.2) is 9.97 Å². The van der Waals surface area contributed by atoms with Gasteiger partial charge < -0.3 is 0 Å². The Labute approximate surface area is 155 Å². The quantitative estimate of drug-likeness (QED) is 0.510. The Morgan fingerprint density at radius 1 is 0.769 bits per heavy atom. The largest absolute Gasteiger partial charge is 0.236 e. The Balaban J connectivity index is 1.67. The monoisotopic (exact) mass is 341 g/mol. The number of nitriles is 1. The molecule has 130 valence electrons. The molecule has 3 heteroatoms. The molecule has 0 aliphatic carbocycles. The summed E-state index contributed by atoms with van der Waals surface area (Å²) in [6.45, 7) is 2.24. The highest BCUT2D eigenvalue weighted by molar-refractivity contribution is 5.64. The molecular weight excluding hydrogens is 318 g/mol. The molecule has 0 N–H and O–H groups in total. The summed E-state index contributed by atoms with van der Waals surface area (Å²) < 4.78 is 0. The molecule has 26 heavy (non-hydrogen) atoms. The summed E-state index contributed by atoms with van der Waals surface area (Å²) in [6, 6.07) is 18.1. The molecule has 1 aromatic heterocycles. The molecule has 2 aromatic carbocycles. The lowest BCUT2D eigenvalue weighted by Gasteiger charge is -2.06. The topological polar surface area (TPSA) is 49.6 Å². The number of hydrogen-bond donors (Lipinski definition) is 0. The zero-order chi connectivity index (χ0) is 18.2.